The van der Waals surface area contributed by atoms with Gasteiger partial charge in [0.25, 0.3) is 0 Å². The zero-order chi connectivity index (χ0) is 9.14. The second-order valence-electron chi connectivity index (χ2n) is 3.18. The first kappa shape index (κ1) is 12.0. The van der Waals surface area contributed by atoms with Crippen molar-refractivity contribution in [1.82, 2.24) is 0 Å². The van der Waals surface area contributed by atoms with Crippen LogP contribution in [0, 0.1) is 13.8 Å². The Morgan fingerprint density at radius 3 is 2.46 bits per heavy atom. The summed E-state index contributed by atoms with van der Waals surface area (Å²) >= 11 is 0. The van der Waals surface area contributed by atoms with E-state index in [4.69, 9.17) is 5.73 Å². The van der Waals surface area contributed by atoms with Crippen molar-refractivity contribution >= 4 is 18.5 Å². The molecule has 2 N–H and O–H groups in total. The van der Waals surface area contributed by atoms with Crippen LogP contribution in [-0.2, 0) is 0 Å². The van der Waals surface area contributed by atoms with E-state index in [2.05, 4.69) is 32.0 Å². The van der Waals surface area contributed by atoms with Crippen molar-refractivity contribution in [3.05, 3.63) is 40.6 Å². The Hall–Kier alpha value is -0.950. The van der Waals surface area contributed by atoms with E-state index < -0.39 is 0 Å². The Morgan fingerprint density at radius 1 is 1.31 bits per heavy atom. The number of halogens is 1. The van der Waals surface area contributed by atoms with Crippen LogP contribution < -0.4 is 5.73 Å². The van der Waals surface area contributed by atoms with Gasteiger partial charge in [-0.3, -0.25) is 0 Å². The van der Waals surface area contributed by atoms with Gasteiger partial charge in [-0.2, -0.15) is 0 Å². The van der Waals surface area contributed by atoms with Gasteiger partial charge in [-0.25, -0.2) is 0 Å². The van der Waals surface area contributed by atoms with E-state index in [1.807, 2.05) is 13.0 Å². The fourth-order valence-electron chi connectivity index (χ4n) is 1.18. The minimum absolute atomic E-state index is 0. The SMILES string of the molecule is CC(N)=Cc1cccc(C)c1C.Cl. The summed E-state index contributed by atoms with van der Waals surface area (Å²) in [5, 5.41) is 0. The third-order valence-electron chi connectivity index (χ3n) is 2.03. The van der Waals surface area contributed by atoms with Gasteiger partial charge in [0.2, 0.25) is 0 Å². The number of aryl methyl sites for hydroxylation is 1. The van der Waals surface area contributed by atoms with Gasteiger partial charge in [0.05, 0.1) is 0 Å². The van der Waals surface area contributed by atoms with Crippen molar-refractivity contribution in [3.63, 3.8) is 0 Å². The number of allylic oxidation sites excluding steroid dienone is 1. The van der Waals surface area contributed by atoms with Crippen LogP contribution in [-0.4, -0.2) is 0 Å². The number of hydrogen-bond donors (Lipinski definition) is 1. The molecular weight excluding hydrogens is 182 g/mol. The first-order valence-corrected chi connectivity index (χ1v) is 4.11. The standard InChI is InChI=1S/C11H15N.ClH/c1-8-5-4-6-11(10(8)3)7-9(2)12;/h4-7H,12H2,1-3H3;1H. The number of rotatable bonds is 1. The minimum atomic E-state index is 0. The predicted octanol–water partition coefficient (Wildman–Crippen LogP) is 3.04. The lowest BCUT2D eigenvalue weighted by Crippen LogP contribution is -1.92. The van der Waals surface area contributed by atoms with E-state index in [0.717, 1.165) is 5.70 Å². The molecule has 1 aromatic rings. The average Bonchev–Trinajstić information content (AvgIpc) is 1.98. The zero-order valence-corrected chi connectivity index (χ0v) is 9.11. The molecule has 1 rings (SSSR count). The molecule has 0 fully saturated rings. The molecule has 0 bridgehead atoms. The summed E-state index contributed by atoms with van der Waals surface area (Å²) in [6.45, 7) is 6.13. The third kappa shape index (κ3) is 3.11. The summed E-state index contributed by atoms with van der Waals surface area (Å²) in [6, 6.07) is 6.24. The quantitative estimate of drug-likeness (QED) is 0.736. The van der Waals surface area contributed by atoms with Crippen LogP contribution >= 0.6 is 12.4 Å². The fourth-order valence-corrected chi connectivity index (χ4v) is 1.18. The first-order valence-electron chi connectivity index (χ1n) is 4.11. The van der Waals surface area contributed by atoms with Gasteiger partial charge in [-0.15, -0.1) is 12.4 Å². The van der Waals surface area contributed by atoms with Crippen LogP contribution in [0.15, 0.2) is 23.9 Å². The highest BCUT2D eigenvalue weighted by Gasteiger charge is 1.96. The molecule has 0 saturated carbocycles. The highest BCUT2D eigenvalue weighted by molar-refractivity contribution is 5.85. The van der Waals surface area contributed by atoms with E-state index >= 15 is 0 Å². The molecule has 0 aliphatic rings. The smallest absolute Gasteiger partial charge is 0.00549 e. The van der Waals surface area contributed by atoms with Crippen LogP contribution in [0.25, 0.3) is 6.08 Å². The Morgan fingerprint density at radius 2 is 1.92 bits per heavy atom. The summed E-state index contributed by atoms with van der Waals surface area (Å²) in [5.74, 6) is 0. The summed E-state index contributed by atoms with van der Waals surface area (Å²) in [7, 11) is 0. The molecule has 2 heteroatoms. The zero-order valence-electron chi connectivity index (χ0n) is 8.29. The van der Waals surface area contributed by atoms with Crippen molar-refractivity contribution in [2.24, 2.45) is 5.73 Å². The molecule has 0 atom stereocenters. The van der Waals surface area contributed by atoms with E-state index in [1.54, 1.807) is 0 Å². The van der Waals surface area contributed by atoms with Crippen molar-refractivity contribution in [2.75, 3.05) is 0 Å². The van der Waals surface area contributed by atoms with Gasteiger partial charge >= 0.3 is 0 Å². The van der Waals surface area contributed by atoms with E-state index in [-0.39, 0.29) is 12.4 Å². The van der Waals surface area contributed by atoms with E-state index in [1.165, 1.54) is 16.7 Å². The molecule has 0 radical (unpaired) electrons. The van der Waals surface area contributed by atoms with Crippen molar-refractivity contribution in [3.8, 4) is 0 Å². The molecule has 0 aliphatic heterocycles. The largest absolute Gasteiger partial charge is 0.402 e. The minimum Gasteiger partial charge on any atom is -0.402 e. The topological polar surface area (TPSA) is 26.0 Å². The molecule has 13 heavy (non-hydrogen) atoms. The maximum Gasteiger partial charge on any atom is 0.00549 e. The molecule has 1 nitrogen and oxygen atoms in total. The van der Waals surface area contributed by atoms with Gasteiger partial charge in [-0.1, -0.05) is 18.2 Å². The number of benzene rings is 1. The second-order valence-corrected chi connectivity index (χ2v) is 3.18. The Balaban J connectivity index is 0.00000144. The summed E-state index contributed by atoms with van der Waals surface area (Å²) in [4.78, 5) is 0. The van der Waals surface area contributed by atoms with Crippen molar-refractivity contribution in [1.29, 1.82) is 0 Å². The molecule has 0 saturated heterocycles. The predicted molar refractivity (Wildman–Crippen MR) is 61.0 cm³/mol. The van der Waals surface area contributed by atoms with Crippen LogP contribution in [0.3, 0.4) is 0 Å². The van der Waals surface area contributed by atoms with Crippen molar-refractivity contribution in [2.45, 2.75) is 20.8 Å². The number of nitrogens with two attached hydrogens (primary N) is 1. The average molecular weight is 198 g/mol. The Kier molecular flexibility index (Phi) is 4.57. The highest BCUT2D eigenvalue weighted by Crippen LogP contribution is 2.14. The molecule has 0 amide bonds. The normalized spacial score (nSPS) is 10.8. The van der Waals surface area contributed by atoms with Crippen LogP contribution in [0.4, 0.5) is 0 Å². The van der Waals surface area contributed by atoms with Crippen LogP contribution in [0.1, 0.15) is 23.6 Å². The molecule has 0 aromatic heterocycles. The van der Waals surface area contributed by atoms with Crippen LogP contribution in [0.2, 0.25) is 0 Å². The van der Waals surface area contributed by atoms with E-state index in [9.17, 15) is 0 Å². The van der Waals surface area contributed by atoms with Gasteiger partial charge in [-0.05, 0) is 43.5 Å². The molecule has 0 aliphatic carbocycles. The van der Waals surface area contributed by atoms with Gasteiger partial charge in [0.15, 0.2) is 0 Å². The maximum absolute atomic E-state index is 5.60. The van der Waals surface area contributed by atoms with Gasteiger partial charge < -0.3 is 5.73 Å². The van der Waals surface area contributed by atoms with E-state index in [0.29, 0.717) is 0 Å². The lowest BCUT2D eigenvalue weighted by molar-refractivity contribution is 1.30. The van der Waals surface area contributed by atoms with Crippen LogP contribution in [0.5, 0.6) is 0 Å². The summed E-state index contributed by atoms with van der Waals surface area (Å²) in [5.41, 5.74) is 10.3. The monoisotopic (exact) mass is 197 g/mol. The first-order chi connectivity index (χ1) is 5.61. The van der Waals surface area contributed by atoms with Gasteiger partial charge in [0.1, 0.15) is 0 Å². The molecule has 0 heterocycles. The van der Waals surface area contributed by atoms with Gasteiger partial charge in [0, 0.05) is 5.70 Å². The van der Waals surface area contributed by atoms with Crippen molar-refractivity contribution < 1.29 is 0 Å². The molecule has 0 spiro atoms. The highest BCUT2D eigenvalue weighted by atomic mass is 35.5. The molecular formula is C11H16ClN. The molecule has 1 aromatic carbocycles. The lowest BCUT2D eigenvalue weighted by atomic mass is 10.0. The fraction of sp³-hybridized carbons (Fsp3) is 0.273. The Bertz CT molecular complexity index is 312. The lowest BCUT2D eigenvalue weighted by Gasteiger charge is -2.03. The molecule has 0 unspecified atom stereocenters. The molecule has 72 valence electrons. The Labute approximate surface area is 86.1 Å². The summed E-state index contributed by atoms with van der Waals surface area (Å²) < 4.78 is 0. The second kappa shape index (κ2) is 4.93. The number of hydrogen-bond acceptors (Lipinski definition) is 1. The summed E-state index contributed by atoms with van der Waals surface area (Å²) in [6.07, 6.45) is 2.00. The third-order valence-corrected chi connectivity index (χ3v) is 2.03. The maximum atomic E-state index is 5.60.